The van der Waals surface area contributed by atoms with Crippen LogP contribution in [0, 0.1) is 0 Å². The van der Waals surface area contributed by atoms with Crippen LogP contribution in [0.25, 0.3) is 11.3 Å². The monoisotopic (exact) mass is 189 g/mol. The largest absolute Gasteiger partial charge is 0.504 e. The summed E-state index contributed by atoms with van der Waals surface area (Å²) in [6, 6.07) is 5.49. The minimum atomic E-state index is 0.0173. The van der Waals surface area contributed by atoms with Gasteiger partial charge in [0.2, 0.25) is 0 Å². The highest BCUT2D eigenvalue weighted by molar-refractivity contribution is 5.64. The van der Waals surface area contributed by atoms with E-state index >= 15 is 0 Å². The van der Waals surface area contributed by atoms with Gasteiger partial charge in [0.15, 0.2) is 11.6 Å². The number of aryl methyl sites for hydroxylation is 1. The fourth-order valence-corrected chi connectivity index (χ4v) is 1.36. The van der Waals surface area contributed by atoms with E-state index in [9.17, 15) is 5.11 Å². The molecule has 2 heterocycles. The molecule has 2 aromatic rings. The summed E-state index contributed by atoms with van der Waals surface area (Å²) < 4.78 is 1.95. The van der Waals surface area contributed by atoms with Crippen LogP contribution in [0.1, 0.15) is 0 Å². The Labute approximate surface area is 81.6 Å². The Bertz CT molecular complexity index is 462. The molecule has 0 bridgehead atoms. The van der Waals surface area contributed by atoms with Gasteiger partial charge in [0.05, 0.1) is 0 Å². The zero-order valence-electron chi connectivity index (χ0n) is 7.81. The van der Waals surface area contributed by atoms with Gasteiger partial charge in [-0.15, -0.1) is 0 Å². The summed E-state index contributed by atoms with van der Waals surface area (Å²) in [7, 11) is 1.93. The zero-order valence-corrected chi connectivity index (χ0v) is 7.81. The van der Waals surface area contributed by atoms with Crippen LogP contribution in [-0.4, -0.2) is 14.7 Å². The minimum absolute atomic E-state index is 0.0173. The summed E-state index contributed by atoms with van der Waals surface area (Å²) in [5, 5.41) is 9.39. The van der Waals surface area contributed by atoms with Crippen LogP contribution in [0.15, 0.2) is 30.6 Å². The molecule has 0 aliphatic heterocycles. The molecule has 2 rings (SSSR count). The second-order valence-electron chi connectivity index (χ2n) is 3.13. The van der Waals surface area contributed by atoms with E-state index in [1.165, 1.54) is 0 Å². The lowest BCUT2D eigenvalue weighted by molar-refractivity contribution is 0.476. The molecule has 0 atom stereocenters. The Kier molecular flexibility index (Phi) is 1.89. The molecule has 0 fully saturated rings. The first-order chi connectivity index (χ1) is 6.68. The highest BCUT2D eigenvalue weighted by Gasteiger charge is 2.04. The van der Waals surface area contributed by atoms with E-state index in [2.05, 4.69) is 4.98 Å². The quantitative estimate of drug-likeness (QED) is 0.712. The van der Waals surface area contributed by atoms with Crippen LogP contribution in [0.5, 0.6) is 5.75 Å². The molecule has 0 aliphatic rings. The van der Waals surface area contributed by atoms with Gasteiger partial charge in [0.1, 0.15) is 0 Å². The van der Waals surface area contributed by atoms with Crippen molar-refractivity contribution < 1.29 is 5.11 Å². The van der Waals surface area contributed by atoms with Gasteiger partial charge in [-0.3, -0.25) is 0 Å². The van der Waals surface area contributed by atoms with E-state index in [1.54, 1.807) is 12.3 Å². The minimum Gasteiger partial charge on any atom is -0.504 e. The summed E-state index contributed by atoms with van der Waals surface area (Å²) in [6.07, 6.45) is 3.58. The molecule has 2 aromatic heterocycles. The van der Waals surface area contributed by atoms with Crippen LogP contribution in [0.3, 0.4) is 0 Å². The Balaban J connectivity index is 2.53. The summed E-state index contributed by atoms with van der Waals surface area (Å²) in [5.74, 6) is 0.173. The SMILES string of the molecule is Cn1cccc1-c1cnc(N)c(O)c1. The van der Waals surface area contributed by atoms with Crippen LogP contribution >= 0.6 is 0 Å². The van der Waals surface area contributed by atoms with Gasteiger partial charge in [-0.25, -0.2) is 4.98 Å². The van der Waals surface area contributed by atoms with E-state index in [0.29, 0.717) is 0 Å². The van der Waals surface area contributed by atoms with E-state index < -0.39 is 0 Å². The Morgan fingerprint density at radius 1 is 1.50 bits per heavy atom. The van der Waals surface area contributed by atoms with Gasteiger partial charge in [0.25, 0.3) is 0 Å². The molecular weight excluding hydrogens is 178 g/mol. The number of anilines is 1. The van der Waals surface area contributed by atoms with Crippen molar-refractivity contribution in [1.29, 1.82) is 0 Å². The third-order valence-corrected chi connectivity index (χ3v) is 2.14. The summed E-state index contributed by atoms with van der Waals surface area (Å²) in [4.78, 5) is 3.89. The number of aromatic hydroxyl groups is 1. The number of nitrogens with zero attached hydrogens (tertiary/aromatic N) is 2. The first kappa shape index (κ1) is 8.62. The van der Waals surface area contributed by atoms with Crippen LogP contribution in [0.2, 0.25) is 0 Å². The fraction of sp³-hybridized carbons (Fsp3) is 0.100. The number of rotatable bonds is 1. The number of hydrogen-bond donors (Lipinski definition) is 2. The number of nitrogens with two attached hydrogens (primary N) is 1. The maximum Gasteiger partial charge on any atom is 0.165 e. The van der Waals surface area contributed by atoms with Crippen molar-refractivity contribution in [3.63, 3.8) is 0 Å². The van der Waals surface area contributed by atoms with Crippen molar-refractivity contribution in [3.8, 4) is 17.0 Å². The molecule has 0 radical (unpaired) electrons. The van der Waals surface area contributed by atoms with Crippen LogP contribution < -0.4 is 5.73 Å². The van der Waals surface area contributed by atoms with Gasteiger partial charge >= 0.3 is 0 Å². The predicted octanol–water partition coefficient (Wildman–Crippen LogP) is 1.37. The highest BCUT2D eigenvalue weighted by atomic mass is 16.3. The van der Waals surface area contributed by atoms with Crippen molar-refractivity contribution >= 4 is 5.82 Å². The second kappa shape index (κ2) is 3.06. The normalized spacial score (nSPS) is 10.4. The lowest BCUT2D eigenvalue weighted by atomic mass is 10.2. The first-order valence-corrected chi connectivity index (χ1v) is 4.24. The Morgan fingerprint density at radius 3 is 2.86 bits per heavy atom. The van der Waals surface area contributed by atoms with Gasteiger partial charge in [-0.2, -0.15) is 0 Å². The van der Waals surface area contributed by atoms with E-state index in [1.807, 2.05) is 29.9 Å². The topological polar surface area (TPSA) is 64.1 Å². The summed E-state index contributed by atoms with van der Waals surface area (Å²) in [5.41, 5.74) is 7.26. The van der Waals surface area contributed by atoms with Crippen molar-refractivity contribution in [3.05, 3.63) is 30.6 Å². The number of hydrogen-bond acceptors (Lipinski definition) is 3. The average molecular weight is 189 g/mol. The van der Waals surface area contributed by atoms with Gasteiger partial charge in [-0.1, -0.05) is 0 Å². The van der Waals surface area contributed by atoms with E-state index in [4.69, 9.17) is 5.73 Å². The average Bonchev–Trinajstić information content (AvgIpc) is 2.57. The Morgan fingerprint density at radius 2 is 2.29 bits per heavy atom. The summed E-state index contributed by atoms with van der Waals surface area (Å²) >= 11 is 0. The molecule has 0 amide bonds. The molecule has 0 saturated heterocycles. The second-order valence-corrected chi connectivity index (χ2v) is 3.13. The Hall–Kier alpha value is -1.97. The third-order valence-electron chi connectivity index (χ3n) is 2.14. The van der Waals surface area contributed by atoms with Crippen molar-refractivity contribution in [2.24, 2.45) is 7.05 Å². The van der Waals surface area contributed by atoms with Crippen molar-refractivity contribution in [1.82, 2.24) is 9.55 Å². The van der Waals surface area contributed by atoms with Crippen molar-refractivity contribution in [2.75, 3.05) is 5.73 Å². The molecule has 0 saturated carbocycles. The maximum absolute atomic E-state index is 9.39. The lowest BCUT2D eigenvalue weighted by Gasteiger charge is -2.04. The smallest absolute Gasteiger partial charge is 0.165 e. The highest BCUT2D eigenvalue weighted by Crippen LogP contribution is 2.25. The fourth-order valence-electron chi connectivity index (χ4n) is 1.36. The molecule has 0 spiro atoms. The molecule has 4 nitrogen and oxygen atoms in total. The van der Waals surface area contributed by atoms with Gasteiger partial charge in [-0.05, 0) is 18.2 Å². The van der Waals surface area contributed by atoms with Gasteiger partial charge < -0.3 is 15.4 Å². The molecule has 4 heteroatoms. The molecule has 72 valence electrons. The van der Waals surface area contributed by atoms with Crippen LogP contribution in [0.4, 0.5) is 5.82 Å². The number of nitrogen functional groups attached to an aromatic ring is 1. The van der Waals surface area contributed by atoms with Crippen molar-refractivity contribution in [2.45, 2.75) is 0 Å². The molecule has 3 N–H and O–H groups in total. The van der Waals surface area contributed by atoms with Gasteiger partial charge in [0, 0.05) is 30.7 Å². The lowest BCUT2D eigenvalue weighted by Crippen LogP contribution is -1.93. The predicted molar refractivity (Wildman–Crippen MR) is 54.7 cm³/mol. The van der Waals surface area contributed by atoms with E-state index in [-0.39, 0.29) is 11.6 Å². The van der Waals surface area contributed by atoms with E-state index in [0.717, 1.165) is 11.3 Å². The molecule has 0 aliphatic carbocycles. The van der Waals surface area contributed by atoms with Crippen LogP contribution in [-0.2, 0) is 7.05 Å². The standard InChI is InChI=1S/C10H11N3O/c1-13-4-2-3-8(13)7-5-9(14)10(11)12-6-7/h2-6,14H,1H3,(H2,11,12). The third kappa shape index (κ3) is 1.31. The maximum atomic E-state index is 9.39. The molecule has 14 heavy (non-hydrogen) atoms. The molecule has 0 aromatic carbocycles. The molecule has 0 unspecified atom stereocenters. The summed E-state index contributed by atoms with van der Waals surface area (Å²) in [6.45, 7) is 0. The molecular formula is C10H11N3O. The number of aromatic nitrogens is 2. The number of pyridine rings is 1. The first-order valence-electron chi connectivity index (χ1n) is 4.24. The zero-order chi connectivity index (χ0) is 10.1.